The Labute approximate surface area is 87.7 Å². The zero-order valence-corrected chi connectivity index (χ0v) is 8.45. The number of amides is 1. The summed E-state index contributed by atoms with van der Waals surface area (Å²) in [5, 5.41) is 2.74. The molecule has 0 saturated heterocycles. The van der Waals surface area contributed by atoms with Crippen LogP contribution in [0.25, 0.3) is 0 Å². The second-order valence-electron chi connectivity index (χ2n) is 3.23. The fourth-order valence-corrected chi connectivity index (χ4v) is 1.10. The van der Waals surface area contributed by atoms with Gasteiger partial charge in [0.05, 0.1) is 0 Å². The van der Waals surface area contributed by atoms with Crippen molar-refractivity contribution in [2.45, 2.75) is 19.4 Å². The van der Waals surface area contributed by atoms with Crippen LogP contribution >= 0.6 is 0 Å². The lowest BCUT2D eigenvalue weighted by molar-refractivity contribution is -0.121. The van der Waals surface area contributed by atoms with Crippen LogP contribution in [0, 0.1) is 0 Å². The zero-order valence-electron chi connectivity index (χ0n) is 8.45. The predicted octanol–water partition coefficient (Wildman–Crippen LogP) is -0.270. The van der Waals surface area contributed by atoms with Crippen LogP contribution in [-0.2, 0) is 11.3 Å². The molecule has 82 valence electrons. The molecule has 5 heteroatoms. The molecular weight excluding hydrogens is 194 g/mol. The van der Waals surface area contributed by atoms with Gasteiger partial charge < -0.3 is 16.0 Å². The first-order valence-electron chi connectivity index (χ1n) is 4.87. The second-order valence-corrected chi connectivity index (χ2v) is 3.23. The van der Waals surface area contributed by atoms with Crippen LogP contribution in [0.2, 0.25) is 0 Å². The number of hydrogen-bond donors (Lipinski definition) is 3. The molecule has 0 fully saturated rings. The summed E-state index contributed by atoms with van der Waals surface area (Å²) in [5.74, 6) is -0.0216. The molecule has 4 N–H and O–H groups in total. The summed E-state index contributed by atoms with van der Waals surface area (Å²) in [6, 6.07) is 3.11. The van der Waals surface area contributed by atoms with Gasteiger partial charge in [-0.1, -0.05) is 6.07 Å². The van der Waals surface area contributed by atoms with Crippen molar-refractivity contribution in [3.8, 4) is 0 Å². The van der Waals surface area contributed by atoms with E-state index in [9.17, 15) is 9.59 Å². The number of nitrogens with two attached hydrogens (primary N) is 1. The number of carbonyl (C=O) groups excluding carboxylic acids is 1. The van der Waals surface area contributed by atoms with Gasteiger partial charge in [-0.05, 0) is 18.5 Å². The number of pyridine rings is 1. The quantitative estimate of drug-likeness (QED) is 0.623. The third-order valence-corrected chi connectivity index (χ3v) is 1.95. The van der Waals surface area contributed by atoms with E-state index in [1.807, 2.05) is 0 Å². The van der Waals surface area contributed by atoms with E-state index in [1.54, 1.807) is 12.3 Å². The fraction of sp³-hybridized carbons (Fsp3) is 0.400. The third kappa shape index (κ3) is 4.42. The monoisotopic (exact) mass is 209 g/mol. The highest BCUT2D eigenvalue weighted by molar-refractivity contribution is 5.75. The summed E-state index contributed by atoms with van der Waals surface area (Å²) >= 11 is 0. The molecule has 0 aliphatic carbocycles. The van der Waals surface area contributed by atoms with Gasteiger partial charge in [0.15, 0.2) is 0 Å². The number of H-pyrrole nitrogens is 1. The zero-order chi connectivity index (χ0) is 11.1. The van der Waals surface area contributed by atoms with Gasteiger partial charge in [-0.2, -0.15) is 0 Å². The summed E-state index contributed by atoms with van der Waals surface area (Å²) in [6.07, 6.45) is 2.73. The summed E-state index contributed by atoms with van der Waals surface area (Å²) in [7, 11) is 0. The molecule has 1 amide bonds. The molecule has 0 aromatic carbocycles. The van der Waals surface area contributed by atoms with E-state index >= 15 is 0 Å². The molecule has 0 spiro atoms. The normalized spacial score (nSPS) is 9.93. The Hall–Kier alpha value is -1.62. The summed E-state index contributed by atoms with van der Waals surface area (Å²) in [5.41, 5.74) is 6.01. The van der Waals surface area contributed by atoms with Crippen molar-refractivity contribution in [1.82, 2.24) is 10.3 Å². The molecule has 15 heavy (non-hydrogen) atoms. The molecule has 1 aromatic heterocycles. The maximum absolute atomic E-state index is 11.2. The van der Waals surface area contributed by atoms with Crippen LogP contribution in [0.3, 0.4) is 0 Å². The average molecular weight is 209 g/mol. The van der Waals surface area contributed by atoms with Crippen LogP contribution in [0.15, 0.2) is 23.1 Å². The van der Waals surface area contributed by atoms with Crippen LogP contribution in [0.5, 0.6) is 0 Å². The molecular formula is C10H15N3O2. The SMILES string of the molecule is NCCCC(=O)NCc1ccc(=O)[nH]c1. The minimum Gasteiger partial charge on any atom is -0.352 e. The Morgan fingerprint density at radius 3 is 2.87 bits per heavy atom. The van der Waals surface area contributed by atoms with Gasteiger partial charge in [-0.25, -0.2) is 0 Å². The Morgan fingerprint density at radius 2 is 2.27 bits per heavy atom. The van der Waals surface area contributed by atoms with E-state index in [2.05, 4.69) is 10.3 Å². The molecule has 0 unspecified atom stereocenters. The molecule has 0 aliphatic heterocycles. The van der Waals surface area contributed by atoms with Crippen molar-refractivity contribution in [2.75, 3.05) is 6.54 Å². The second kappa shape index (κ2) is 5.98. The largest absolute Gasteiger partial charge is 0.352 e. The molecule has 5 nitrogen and oxygen atoms in total. The number of aromatic nitrogens is 1. The van der Waals surface area contributed by atoms with E-state index in [0.29, 0.717) is 25.9 Å². The van der Waals surface area contributed by atoms with Gasteiger partial charge in [0.1, 0.15) is 0 Å². The van der Waals surface area contributed by atoms with Crippen molar-refractivity contribution in [3.63, 3.8) is 0 Å². The highest BCUT2D eigenvalue weighted by Gasteiger charge is 1.99. The number of nitrogens with one attached hydrogen (secondary N) is 2. The minimum atomic E-state index is -0.145. The molecule has 0 radical (unpaired) electrons. The summed E-state index contributed by atoms with van der Waals surface area (Å²) in [6.45, 7) is 0.951. The van der Waals surface area contributed by atoms with E-state index in [-0.39, 0.29) is 11.5 Å². The Kier molecular flexibility index (Phi) is 4.56. The lowest BCUT2D eigenvalue weighted by Gasteiger charge is -2.03. The first-order valence-corrected chi connectivity index (χ1v) is 4.87. The highest BCUT2D eigenvalue weighted by Crippen LogP contribution is 1.93. The average Bonchev–Trinajstić information content (AvgIpc) is 2.25. The number of carbonyl (C=O) groups is 1. The highest BCUT2D eigenvalue weighted by atomic mass is 16.1. The summed E-state index contributed by atoms with van der Waals surface area (Å²) in [4.78, 5) is 24.5. The van der Waals surface area contributed by atoms with Gasteiger partial charge in [0.25, 0.3) is 0 Å². The van der Waals surface area contributed by atoms with E-state index in [1.165, 1.54) is 6.07 Å². The first-order chi connectivity index (χ1) is 7.22. The van der Waals surface area contributed by atoms with Gasteiger partial charge >= 0.3 is 0 Å². The lowest BCUT2D eigenvalue weighted by atomic mass is 10.2. The number of hydrogen-bond acceptors (Lipinski definition) is 3. The molecule has 1 aromatic rings. The lowest BCUT2D eigenvalue weighted by Crippen LogP contribution is -2.23. The summed E-state index contributed by atoms with van der Waals surface area (Å²) < 4.78 is 0. The van der Waals surface area contributed by atoms with Crippen LogP contribution in [0.4, 0.5) is 0 Å². The van der Waals surface area contributed by atoms with Gasteiger partial charge in [0, 0.05) is 25.2 Å². The number of aromatic amines is 1. The van der Waals surface area contributed by atoms with Gasteiger partial charge in [0.2, 0.25) is 11.5 Å². The van der Waals surface area contributed by atoms with E-state index < -0.39 is 0 Å². The Morgan fingerprint density at radius 1 is 1.47 bits per heavy atom. The fourth-order valence-electron chi connectivity index (χ4n) is 1.10. The van der Waals surface area contributed by atoms with Crippen molar-refractivity contribution in [1.29, 1.82) is 0 Å². The minimum absolute atomic E-state index is 0.0216. The molecule has 0 atom stereocenters. The molecule has 1 rings (SSSR count). The molecule has 0 bridgehead atoms. The van der Waals surface area contributed by atoms with E-state index in [4.69, 9.17) is 5.73 Å². The standard InChI is InChI=1S/C10H15N3O2/c11-5-1-2-9(14)12-6-8-3-4-10(15)13-7-8/h3-4,7H,1-2,5-6,11H2,(H,12,14)(H,13,15). The molecule has 0 aliphatic rings. The van der Waals surface area contributed by atoms with Crippen LogP contribution in [-0.4, -0.2) is 17.4 Å². The Balaban J connectivity index is 2.33. The molecule has 0 saturated carbocycles. The first kappa shape index (κ1) is 11.5. The van der Waals surface area contributed by atoms with Gasteiger partial charge in [-0.15, -0.1) is 0 Å². The maximum Gasteiger partial charge on any atom is 0.247 e. The predicted molar refractivity (Wildman–Crippen MR) is 57.2 cm³/mol. The van der Waals surface area contributed by atoms with Crippen molar-refractivity contribution < 1.29 is 4.79 Å². The van der Waals surface area contributed by atoms with E-state index in [0.717, 1.165) is 5.56 Å². The van der Waals surface area contributed by atoms with Crippen molar-refractivity contribution >= 4 is 5.91 Å². The third-order valence-electron chi connectivity index (χ3n) is 1.95. The molecule has 1 heterocycles. The van der Waals surface area contributed by atoms with Crippen molar-refractivity contribution in [3.05, 3.63) is 34.2 Å². The van der Waals surface area contributed by atoms with Crippen LogP contribution < -0.4 is 16.6 Å². The van der Waals surface area contributed by atoms with Crippen LogP contribution in [0.1, 0.15) is 18.4 Å². The van der Waals surface area contributed by atoms with Gasteiger partial charge in [-0.3, -0.25) is 9.59 Å². The maximum atomic E-state index is 11.2. The smallest absolute Gasteiger partial charge is 0.247 e. The van der Waals surface area contributed by atoms with Crippen molar-refractivity contribution in [2.24, 2.45) is 5.73 Å². The Bertz CT molecular complexity index is 353. The number of rotatable bonds is 5. The topological polar surface area (TPSA) is 88.0 Å².